The Morgan fingerprint density at radius 1 is 1.26 bits per heavy atom. The average Bonchev–Trinajstić information content (AvgIpc) is 3.18. The molecule has 0 N–H and O–H groups in total. The molecule has 0 bridgehead atoms. The number of ether oxygens (including phenoxy) is 1. The second-order valence-corrected chi connectivity index (χ2v) is 7.75. The van der Waals surface area contributed by atoms with E-state index < -0.39 is 0 Å². The molecule has 2 aliphatic carbocycles. The van der Waals surface area contributed by atoms with Gasteiger partial charge in [-0.15, -0.1) is 0 Å². The summed E-state index contributed by atoms with van der Waals surface area (Å²) in [5, 5.41) is 0. The first-order valence-electron chi connectivity index (χ1n) is 9.12. The maximum Gasteiger partial charge on any atom is 0.227 e. The number of benzene rings is 1. The highest BCUT2D eigenvalue weighted by Crippen LogP contribution is 2.62. The number of aryl methyl sites for hydroxylation is 1. The first-order valence-corrected chi connectivity index (χ1v) is 9.12. The molecule has 1 aromatic carbocycles. The molecule has 1 amide bonds. The smallest absolute Gasteiger partial charge is 0.227 e. The van der Waals surface area contributed by atoms with E-state index in [9.17, 15) is 4.79 Å². The summed E-state index contributed by atoms with van der Waals surface area (Å²) < 4.78 is 5.49. The van der Waals surface area contributed by atoms with Gasteiger partial charge in [0.1, 0.15) is 0 Å². The van der Waals surface area contributed by atoms with E-state index in [1.54, 1.807) is 0 Å². The van der Waals surface area contributed by atoms with Gasteiger partial charge < -0.3 is 9.64 Å². The van der Waals surface area contributed by atoms with Crippen LogP contribution in [-0.4, -0.2) is 36.1 Å². The number of fused-ring (bicyclic) bond motifs is 2. The summed E-state index contributed by atoms with van der Waals surface area (Å²) in [4.78, 5) is 15.5. The Labute approximate surface area is 139 Å². The van der Waals surface area contributed by atoms with Crippen LogP contribution in [0.4, 0.5) is 0 Å². The number of hydrogen-bond acceptors (Lipinski definition) is 2. The van der Waals surface area contributed by atoms with Crippen molar-refractivity contribution in [1.29, 1.82) is 0 Å². The van der Waals surface area contributed by atoms with E-state index in [4.69, 9.17) is 4.74 Å². The zero-order chi connectivity index (χ0) is 16.0. The molecule has 2 fully saturated rings. The molecule has 1 heterocycles. The van der Waals surface area contributed by atoms with Gasteiger partial charge in [0.05, 0.1) is 0 Å². The third-order valence-corrected chi connectivity index (χ3v) is 6.16. The summed E-state index contributed by atoms with van der Waals surface area (Å²) in [7, 11) is 0. The summed E-state index contributed by atoms with van der Waals surface area (Å²) in [5.41, 5.74) is 3.07. The summed E-state index contributed by atoms with van der Waals surface area (Å²) in [6, 6.07) is 9.39. The summed E-state index contributed by atoms with van der Waals surface area (Å²) in [6.07, 6.45) is 5.32. The van der Waals surface area contributed by atoms with Crippen molar-refractivity contribution < 1.29 is 9.53 Å². The molecule has 0 radical (unpaired) electrons. The summed E-state index contributed by atoms with van der Waals surface area (Å²) >= 11 is 0. The van der Waals surface area contributed by atoms with Crippen molar-refractivity contribution in [2.45, 2.75) is 63.5 Å². The molecule has 4 rings (SSSR count). The molecule has 3 heteroatoms. The molecule has 0 aromatic heterocycles. The molecule has 3 nitrogen and oxygen atoms in total. The number of carbonyl (C=O) groups excluding carboxylic acids is 1. The molecule has 1 aliphatic heterocycles. The summed E-state index contributed by atoms with van der Waals surface area (Å²) in [5.74, 6) is 0.597. The van der Waals surface area contributed by atoms with Crippen molar-refractivity contribution in [1.82, 2.24) is 4.90 Å². The first kappa shape index (κ1) is 15.2. The van der Waals surface area contributed by atoms with E-state index in [-0.39, 0.29) is 17.4 Å². The molecule has 1 aromatic rings. The zero-order valence-corrected chi connectivity index (χ0v) is 14.3. The molecular formula is C20H27NO2. The highest BCUT2D eigenvalue weighted by atomic mass is 16.5. The van der Waals surface area contributed by atoms with Crippen LogP contribution < -0.4 is 0 Å². The SMILES string of the molecule is CC(C)N(C(=O)[C@@H]1C[C@@]12CCc1ccccc12)C1CCOCC1. The number of nitrogens with zero attached hydrogens (tertiary/aromatic N) is 1. The van der Waals surface area contributed by atoms with E-state index in [1.807, 2.05) is 0 Å². The maximum absolute atomic E-state index is 13.3. The van der Waals surface area contributed by atoms with Crippen LogP contribution in [0.3, 0.4) is 0 Å². The molecule has 3 aliphatic rings. The van der Waals surface area contributed by atoms with E-state index in [2.05, 4.69) is 43.0 Å². The fourth-order valence-electron chi connectivity index (χ4n) is 4.92. The van der Waals surface area contributed by atoms with Crippen LogP contribution in [0.25, 0.3) is 0 Å². The first-order chi connectivity index (χ1) is 11.1. The van der Waals surface area contributed by atoms with Crippen molar-refractivity contribution in [3.05, 3.63) is 35.4 Å². The van der Waals surface area contributed by atoms with Crippen LogP contribution in [0.2, 0.25) is 0 Å². The van der Waals surface area contributed by atoms with Crippen molar-refractivity contribution in [3.63, 3.8) is 0 Å². The molecule has 1 saturated carbocycles. The second-order valence-electron chi connectivity index (χ2n) is 7.75. The number of amides is 1. The maximum atomic E-state index is 13.3. The lowest BCUT2D eigenvalue weighted by Crippen LogP contribution is -2.48. The van der Waals surface area contributed by atoms with Gasteiger partial charge in [0.25, 0.3) is 0 Å². The molecule has 23 heavy (non-hydrogen) atoms. The Kier molecular flexibility index (Phi) is 3.72. The van der Waals surface area contributed by atoms with Gasteiger partial charge in [0.2, 0.25) is 5.91 Å². The highest BCUT2D eigenvalue weighted by molar-refractivity contribution is 5.85. The van der Waals surface area contributed by atoms with E-state index in [1.165, 1.54) is 11.1 Å². The number of rotatable bonds is 3. The lowest BCUT2D eigenvalue weighted by atomic mass is 9.94. The van der Waals surface area contributed by atoms with Gasteiger partial charge in [-0.2, -0.15) is 0 Å². The topological polar surface area (TPSA) is 29.5 Å². The molecule has 1 spiro atoms. The fourth-order valence-corrected chi connectivity index (χ4v) is 4.92. The molecule has 2 atom stereocenters. The Bertz CT molecular complexity index is 605. The van der Waals surface area contributed by atoms with E-state index in [0.717, 1.165) is 45.3 Å². The molecular weight excluding hydrogens is 286 g/mol. The molecule has 1 saturated heterocycles. The third kappa shape index (κ3) is 2.40. The van der Waals surface area contributed by atoms with Gasteiger partial charge in [-0.05, 0) is 57.1 Å². The van der Waals surface area contributed by atoms with E-state index >= 15 is 0 Å². The predicted octanol–water partition coefficient (Wildman–Crippen LogP) is 3.31. The van der Waals surface area contributed by atoms with E-state index in [0.29, 0.717) is 11.9 Å². The summed E-state index contributed by atoms with van der Waals surface area (Å²) in [6.45, 7) is 5.90. The average molecular weight is 313 g/mol. The standard InChI is InChI=1S/C20H27NO2/c1-14(2)21(16-8-11-23-12-9-16)19(22)18-13-20(18)10-7-15-5-3-4-6-17(15)20/h3-6,14,16,18H,7-13H2,1-2H3/t18-,20+/m0/s1. The lowest BCUT2D eigenvalue weighted by Gasteiger charge is -2.38. The Morgan fingerprint density at radius 2 is 2.00 bits per heavy atom. The van der Waals surface area contributed by atoms with Crippen LogP contribution >= 0.6 is 0 Å². The van der Waals surface area contributed by atoms with Gasteiger partial charge in [-0.1, -0.05) is 24.3 Å². The highest BCUT2D eigenvalue weighted by Gasteiger charge is 2.62. The Hall–Kier alpha value is -1.35. The van der Waals surface area contributed by atoms with Gasteiger partial charge in [-0.3, -0.25) is 4.79 Å². The molecule has 124 valence electrons. The van der Waals surface area contributed by atoms with Crippen LogP contribution in [0, 0.1) is 5.92 Å². The van der Waals surface area contributed by atoms with Crippen molar-refractivity contribution in [2.75, 3.05) is 13.2 Å². The zero-order valence-electron chi connectivity index (χ0n) is 14.3. The lowest BCUT2D eigenvalue weighted by molar-refractivity contribution is -0.139. The van der Waals surface area contributed by atoms with Crippen LogP contribution in [0.15, 0.2) is 24.3 Å². The third-order valence-electron chi connectivity index (χ3n) is 6.16. The number of carbonyl (C=O) groups is 1. The second kappa shape index (κ2) is 5.62. The fraction of sp³-hybridized carbons (Fsp3) is 0.650. The largest absolute Gasteiger partial charge is 0.381 e. The van der Waals surface area contributed by atoms with Gasteiger partial charge in [-0.25, -0.2) is 0 Å². The Morgan fingerprint density at radius 3 is 2.74 bits per heavy atom. The van der Waals surface area contributed by atoms with Gasteiger partial charge in [0.15, 0.2) is 0 Å². The molecule has 0 unspecified atom stereocenters. The van der Waals surface area contributed by atoms with Gasteiger partial charge >= 0.3 is 0 Å². The minimum absolute atomic E-state index is 0.159. The van der Waals surface area contributed by atoms with Crippen molar-refractivity contribution in [2.24, 2.45) is 5.92 Å². The Balaban J connectivity index is 1.55. The predicted molar refractivity (Wildman–Crippen MR) is 90.4 cm³/mol. The van der Waals surface area contributed by atoms with Gasteiger partial charge in [0, 0.05) is 36.6 Å². The van der Waals surface area contributed by atoms with Crippen molar-refractivity contribution in [3.8, 4) is 0 Å². The monoisotopic (exact) mass is 313 g/mol. The van der Waals surface area contributed by atoms with Crippen LogP contribution in [0.1, 0.15) is 50.7 Å². The van der Waals surface area contributed by atoms with Crippen LogP contribution in [-0.2, 0) is 21.4 Å². The number of hydrogen-bond donors (Lipinski definition) is 0. The quantitative estimate of drug-likeness (QED) is 0.857. The normalized spacial score (nSPS) is 29.8. The van der Waals surface area contributed by atoms with Crippen molar-refractivity contribution >= 4 is 5.91 Å². The minimum atomic E-state index is 0.159. The van der Waals surface area contributed by atoms with Crippen LogP contribution in [0.5, 0.6) is 0 Å². The minimum Gasteiger partial charge on any atom is -0.381 e.